The number of ether oxygens (including phenoxy) is 1. The lowest BCUT2D eigenvalue weighted by atomic mass is 9.83. The Bertz CT molecular complexity index is 893. The van der Waals surface area contributed by atoms with E-state index in [-0.39, 0.29) is 12.0 Å². The molecule has 6 nitrogen and oxygen atoms in total. The van der Waals surface area contributed by atoms with E-state index < -0.39 is 11.6 Å². The van der Waals surface area contributed by atoms with Crippen LogP contribution in [0.3, 0.4) is 0 Å². The van der Waals surface area contributed by atoms with E-state index in [2.05, 4.69) is 20.2 Å². The third-order valence-corrected chi connectivity index (χ3v) is 5.97. The Morgan fingerprint density at radius 2 is 2.10 bits per heavy atom. The molecule has 2 aliphatic heterocycles. The minimum absolute atomic E-state index is 0.0749. The molecule has 2 saturated heterocycles. The Balaban J connectivity index is 1.26. The zero-order valence-electron chi connectivity index (χ0n) is 17.0. The average molecular weight is 416 g/mol. The molecule has 3 heterocycles. The van der Waals surface area contributed by atoms with Crippen LogP contribution >= 0.6 is 0 Å². The molecule has 30 heavy (non-hydrogen) atoms. The van der Waals surface area contributed by atoms with E-state index in [4.69, 9.17) is 4.74 Å². The number of aryl methyl sites for hydroxylation is 1. The molecular weight excluding hydrogens is 390 g/mol. The number of nitrogens with zero attached hydrogens (tertiary/aromatic N) is 3. The van der Waals surface area contributed by atoms with Crippen LogP contribution in [-0.2, 0) is 22.6 Å². The minimum atomic E-state index is -0.811. The molecule has 2 aliphatic rings. The minimum Gasteiger partial charge on any atom is -0.377 e. The molecule has 0 spiro atoms. The highest BCUT2D eigenvalue weighted by Crippen LogP contribution is 2.36. The monoisotopic (exact) mass is 416 g/mol. The van der Waals surface area contributed by atoms with E-state index >= 15 is 0 Å². The summed E-state index contributed by atoms with van der Waals surface area (Å²) in [5.74, 6) is -0.470. The van der Waals surface area contributed by atoms with Crippen LogP contribution in [0.15, 0.2) is 30.6 Å². The van der Waals surface area contributed by atoms with Gasteiger partial charge in [-0.25, -0.2) is 18.7 Å². The quantitative estimate of drug-likeness (QED) is 0.784. The Labute approximate surface area is 174 Å². The van der Waals surface area contributed by atoms with Crippen molar-refractivity contribution in [2.75, 3.05) is 19.7 Å². The third kappa shape index (κ3) is 4.82. The van der Waals surface area contributed by atoms with Gasteiger partial charge in [-0.15, -0.1) is 0 Å². The van der Waals surface area contributed by atoms with Crippen molar-refractivity contribution in [2.24, 2.45) is 11.8 Å². The number of nitrogens with one attached hydrogen (secondary N) is 1. The molecule has 0 radical (unpaired) electrons. The van der Waals surface area contributed by atoms with Crippen molar-refractivity contribution in [3.63, 3.8) is 0 Å². The summed E-state index contributed by atoms with van der Waals surface area (Å²) >= 11 is 0. The maximum atomic E-state index is 14.0. The lowest BCUT2D eigenvalue weighted by Gasteiger charge is -2.35. The van der Waals surface area contributed by atoms with Crippen LogP contribution in [0.25, 0.3) is 0 Å². The second kappa shape index (κ2) is 9.14. The Kier molecular flexibility index (Phi) is 6.34. The molecular formula is C22H26F2N4O2. The number of hydrogen-bond acceptors (Lipinski definition) is 5. The van der Waals surface area contributed by atoms with Gasteiger partial charge in [0, 0.05) is 37.0 Å². The van der Waals surface area contributed by atoms with Gasteiger partial charge in [-0.2, -0.15) is 0 Å². The number of fused-ring (bicyclic) bond motifs is 1. The molecule has 0 bridgehead atoms. The van der Waals surface area contributed by atoms with Gasteiger partial charge in [0.05, 0.1) is 25.7 Å². The van der Waals surface area contributed by atoms with Crippen LogP contribution in [-0.4, -0.2) is 46.6 Å². The number of likely N-dealkylation sites (tertiary alicyclic amines) is 1. The molecule has 1 amide bonds. The van der Waals surface area contributed by atoms with Gasteiger partial charge >= 0.3 is 0 Å². The van der Waals surface area contributed by atoms with Gasteiger partial charge < -0.3 is 10.1 Å². The first-order chi connectivity index (χ1) is 14.5. The largest absolute Gasteiger partial charge is 0.377 e. The highest BCUT2D eigenvalue weighted by Gasteiger charge is 2.41. The van der Waals surface area contributed by atoms with Crippen LogP contribution in [0.5, 0.6) is 0 Å². The molecule has 1 aromatic heterocycles. The Morgan fingerprint density at radius 3 is 2.90 bits per heavy atom. The van der Waals surface area contributed by atoms with Gasteiger partial charge in [-0.3, -0.25) is 9.69 Å². The Hall–Kier alpha value is -2.45. The number of hydrogen-bond donors (Lipinski definition) is 1. The smallest absolute Gasteiger partial charge is 0.222 e. The number of carbonyl (C=O) groups excluding carboxylic acids is 1. The lowest BCUT2D eigenvalue weighted by molar-refractivity contribution is -0.124. The second-order valence-corrected chi connectivity index (χ2v) is 8.19. The zero-order chi connectivity index (χ0) is 21.1. The van der Waals surface area contributed by atoms with Crippen LogP contribution in [0.2, 0.25) is 0 Å². The number of piperidine rings is 1. The van der Waals surface area contributed by atoms with E-state index in [1.54, 1.807) is 18.5 Å². The highest BCUT2D eigenvalue weighted by molar-refractivity contribution is 5.76. The third-order valence-electron chi connectivity index (χ3n) is 5.97. The predicted octanol–water partition coefficient (Wildman–Crippen LogP) is 2.61. The van der Waals surface area contributed by atoms with Crippen molar-refractivity contribution in [3.05, 3.63) is 59.2 Å². The first-order valence-electron chi connectivity index (χ1n) is 10.3. The van der Waals surface area contributed by atoms with Crippen LogP contribution in [0.1, 0.15) is 29.8 Å². The summed E-state index contributed by atoms with van der Waals surface area (Å²) in [6, 6.07) is 4.30. The normalized spacial score (nSPS) is 23.9. The average Bonchev–Trinajstić information content (AvgIpc) is 3.13. The van der Waals surface area contributed by atoms with Gasteiger partial charge in [-0.1, -0.05) is 12.1 Å². The molecule has 3 atom stereocenters. The van der Waals surface area contributed by atoms with Crippen LogP contribution in [0.4, 0.5) is 8.78 Å². The summed E-state index contributed by atoms with van der Waals surface area (Å²) in [5.41, 5.74) is 1.35. The summed E-state index contributed by atoms with van der Waals surface area (Å²) < 4.78 is 33.3. The van der Waals surface area contributed by atoms with E-state index in [1.807, 2.05) is 6.92 Å². The molecule has 0 aliphatic carbocycles. The Morgan fingerprint density at radius 1 is 1.30 bits per heavy atom. The van der Waals surface area contributed by atoms with E-state index in [9.17, 15) is 13.6 Å². The molecule has 1 N–H and O–H groups in total. The number of rotatable bonds is 6. The zero-order valence-corrected chi connectivity index (χ0v) is 17.0. The van der Waals surface area contributed by atoms with Crippen LogP contribution < -0.4 is 5.32 Å². The molecule has 8 heteroatoms. The maximum absolute atomic E-state index is 14.0. The van der Waals surface area contributed by atoms with E-state index in [0.29, 0.717) is 49.3 Å². The van der Waals surface area contributed by atoms with Crippen molar-refractivity contribution in [1.82, 2.24) is 20.2 Å². The first kappa shape index (κ1) is 20.8. The molecule has 1 aromatic carbocycles. The SMILES string of the molecule is Cc1cnc(CNC(=O)C[C@@H]2OC[C@H]3CN(Cc4cccc(F)c4F)CC[C@H]32)nc1. The molecule has 2 aromatic rings. The summed E-state index contributed by atoms with van der Waals surface area (Å²) in [7, 11) is 0. The number of aromatic nitrogens is 2. The standard InChI is InChI=1S/C22H26F2N4O2/c1-14-8-25-20(26-9-14)10-27-21(29)7-19-17-5-6-28(12-16(17)13-30-19)11-15-3-2-4-18(23)22(15)24/h2-4,8-9,16-17,19H,5-7,10-13H2,1H3,(H,27,29)/t16-,17-,19+/m1/s1. The van der Waals surface area contributed by atoms with Crippen molar-refractivity contribution in [2.45, 2.75) is 39.0 Å². The summed E-state index contributed by atoms with van der Waals surface area (Å²) in [4.78, 5) is 22.9. The van der Waals surface area contributed by atoms with E-state index in [1.165, 1.54) is 6.07 Å². The second-order valence-electron chi connectivity index (χ2n) is 8.19. The molecule has 2 fully saturated rings. The molecule has 4 rings (SSSR count). The fourth-order valence-corrected chi connectivity index (χ4v) is 4.37. The van der Waals surface area contributed by atoms with Crippen molar-refractivity contribution < 1.29 is 18.3 Å². The summed E-state index contributed by atoms with van der Waals surface area (Å²) in [6.07, 6.45) is 4.53. The number of carbonyl (C=O) groups is 1. The van der Waals surface area contributed by atoms with E-state index in [0.717, 1.165) is 31.1 Å². The van der Waals surface area contributed by atoms with Gasteiger partial charge in [0.1, 0.15) is 5.82 Å². The summed E-state index contributed by atoms with van der Waals surface area (Å²) in [6.45, 7) is 4.72. The van der Waals surface area contributed by atoms with Gasteiger partial charge in [-0.05, 0) is 37.4 Å². The summed E-state index contributed by atoms with van der Waals surface area (Å²) in [5, 5.41) is 2.86. The maximum Gasteiger partial charge on any atom is 0.222 e. The number of benzene rings is 1. The lowest BCUT2D eigenvalue weighted by Crippen LogP contribution is -2.42. The van der Waals surface area contributed by atoms with Gasteiger partial charge in [0.25, 0.3) is 0 Å². The predicted molar refractivity (Wildman–Crippen MR) is 106 cm³/mol. The fraction of sp³-hybridized carbons (Fsp3) is 0.500. The first-order valence-corrected chi connectivity index (χ1v) is 10.3. The molecule has 0 saturated carbocycles. The number of halogens is 2. The molecule has 0 unspecified atom stereocenters. The van der Waals surface area contributed by atoms with Crippen molar-refractivity contribution in [1.29, 1.82) is 0 Å². The number of amides is 1. The topological polar surface area (TPSA) is 67.3 Å². The van der Waals surface area contributed by atoms with Crippen molar-refractivity contribution in [3.8, 4) is 0 Å². The van der Waals surface area contributed by atoms with Crippen LogP contribution in [0, 0.1) is 30.4 Å². The molecule has 160 valence electrons. The fourth-order valence-electron chi connectivity index (χ4n) is 4.37. The van der Waals surface area contributed by atoms with Gasteiger partial charge in [0.15, 0.2) is 11.6 Å². The van der Waals surface area contributed by atoms with Gasteiger partial charge in [0.2, 0.25) is 5.91 Å². The van der Waals surface area contributed by atoms with Crippen molar-refractivity contribution >= 4 is 5.91 Å². The highest BCUT2D eigenvalue weighted by atomic mass is 19.2.